The van der Waals surface area contributed by atoms with Gasteiger partial charge in [-0.1, -0.05) is 23.7 Å². The number of ether oxygens (including phenoxy) is 1. The monoisotopic (exact) mass is 412 g/mol. The molecule has 1 amide bonds. The predicted molar refractivity (Wildman–Crippen MR) is 98.6 cm³/mol. The largest absolute Gasteiger partial charge is 0.379 e. The molecule has 2 aromatic carbocycles. The Labute approximate surface area is 161 Å². The molecule has 27 heavy (non-hydrogen) atoms. The number of morpholine rings is 1. The molecule has 144 valence electrons. The normalized spacial score (nSPS) is 15.5. The second-order valence-corrected chi connectivity index (χ2v) is 8.32. The van der Waals surface area contributed by atoms with Crippen LogP contribution in [0.2, 0.25) is 5.02 Å². The Morgan fingerprint density at radius 1 is 1.19 bits per heavy atom. The van der Waals surface area contributed by atoms with Crippen molar-refractivity contribution in [1.29, 1.82) is 0 Å². The molecule has 0 spiro atoms. The van der Waals surface area contributed by atoms with E-state index in [0.717, 1.165) is 0 Å². The molecule has 0 bridgehead atoms. The Morgan fingerprint density at radius 3 is 2.63 bits per heavy atom. The number of sulfonamides is 1. The van der Waals surface area contributed by atoms with Gasteiger partial charge in [0, 0.05) is 25.2 Å². The number of nitrogens with one attached hydrogen (secondary N) is 1. The van der Waals surface area contributed by atoms with Crippen molar-refractivity contribution in [1.82, 2.24) is 9.62 Å². The minimum Gasteiger partial charge on any atom is -0.379 e. The van der Waals surface area contributed by atoms with Crippen molar-refractivity contribution < 1.29 is 22.3 Å². The van der Waals surface area contributed by atoms with Gasteiger partial charge in [-0.15, -0.1) is 0 Å². The number of nitrogens with zero attached hydrogens (tertiary/aromatic N) is 1. The van der Waals surface area contributed by atoms with Crippen LogP contribution in [0.25, 0.3) is 0 Å². The zero-order valence-electron chi connectivity index (χ0n) is 14.3. The van der Waals surface area contributed by atoms with Crippen LogP contribution >= 0.6 is 11.6 Å². The molecule has 2 aromatic rings. The molecule has 0 aliphatic carbocycles. The van der Waals surface area contributed by atoms with Crippen molar-refractivity contribution in [2.75, 3.05) is 26.3 Å². The van der Waals surface area contributed by atoms with Crippen LogP contribution in [-0.2, 0) is 21.3 Å². The van der Waals surface area contributed by atoms with Crippen molar-refractivity contribution in [3.05, 3.63) is 64.4 Å². The first-order valence-electron chi connectivity index (χ1n) is 8.28. The van der Waals surface area contributed by atoms with E-state index in [1.54, 1.807) is 0 Å². The molecule has 1 aliphatic heterocycles. The van der Waals surface area contributed by atoms with Crippen LogP contribution in [0.1, 0.15) is 15.9 Å². The van der Waals surface area contributed by atoms with E-state index in [1.807, 2.05) is 0 Å². The zero-order valence-corrected chi connectivity index (χ0v) is 15.9. The second-order valence-electron chi connectivity index (χ2n) is 5.98. The standard InChI is InChI=1S/C18H18ClFN2O4S/c19-16-10-13(4-5-17(16)20)12-21-18(23)14-2-1-3-15(11-14)27(24,25)22-6-8-26-9-7-22/h1-5,10-11H,6-9,12H2,(H,21,23). The van der Waals surface area contributed by atoms with Crippen LogP contribution in [0.15, 0.2) is 47.4 Å². The van der Waals surface area contributed by atoms with Crippen LogP contribution in [-0.4, -0.2) is 44.9 Å². The summed E-state index contributed by atoms with van der Waals surface area (Å²) in [4.78, 5) is 12.4. The summed E-state index contributed by atoms with van der Waals surface area (Å²) in [5.74, 6) is -0.970. The summed E-state index contributed by atoms with van der Waals surface area (Å²) in [5.41, 5.74) is 0.851. The van der Waals surface area contributed by atoms with E-state index < -0.39 is 21.7 Å². The smallest absolute Gasteiger partial charge is 0.251 e. The number of carbonyl (C=O) groups excluding carboxylic acids is 1. The number of benzene rings is 2. The molecule has 0 atom stereocenters. The number of hydrogen-bond donors (Lipinski definition) is 1. The maximum absolute atomic E-state index is 13.2. The zero-order chi connectivity index (χ0) is 19.4. The van der Waals surface area contributed by atoms with Gasteiger partial charge < -0.3 is 10.1 Å². The van der Waals surface area contributed by atoms with Gasteiger partial charge in [-0.05, 0) is 35.9 Å². The van der Waals surface area contributed by atoms with Crippen molar-refractivity contribution >= 4 is 27.5 Å². The molecular formula is C18H18ClFN2O4S. The van der Waals surface area contributed by atoms with Gasteiger partial charge in [0.1, 0.15) is 5.82 Å². The number of halogens is 2. The van der Waals surface area contributed by atoms with Crippen LogP contribution in [0.3, 0.4) is 0 Å². The number of amides is 1. The third kappa shape index (κ3) is 4.65. The van der Waals surface area contributed by atoms with E-state index in [1.165, 1.54) is 46.8 Å². The number of rotatable bonds is 5. The molecule has 1 heterocycles. The van der Waals surface area contributed by atoms with E-state index in [9.17, 15) is 17.6 Å². The average molecular weight is 413 g/mol. The van der Waals surface area contributed by atoms with E-state index in [-0.39, 0.29) is 35.1 Å². The van der Waals surface area contributed by atoms with Crippen molar-refractivity contribution in [3.8, 4) is 0 Å². The Hall–Kier alpha value is -2.00. The quantitative estimate of drug-likeness (QED) is 0.818. The highest BCUT2D eigenvalue weighted by molar-refractivity contribution is 7.89. The molecule has 1 N–H and O–H groups in total. The molecule has 0 aromatic heterocycles. The lowest BCUT2D eigenvalue weighted by Gasteiger charge is -2.26. The summed E-state index contributed by atoms with van der Waals surface area (Å²) in [6.07, 6.45) is 0. The summed E-state index contributed by atoms with van der Waals surface area (Å²) >= 11 is 5.72. The van der Waals surface area contributed by atoms with Gasteiger partial charge >= 0.3 is 0 Å². The number of hydrogen-bond acceptors (Lipinski definition) is 4. The molecule has 3 rings (SSSR count). The van der Waals surface area contributed by atoms with Gasteiger partial charge in [-0.2, -0.15) is 4.31 Å². The minimum absolute atomic E-state index is 0.0275. The fraction of sp³-hybridized carbons (Fsp3) is 0.278. The SMILES string of the molecule is O=C(NCc1ccc(F)c(Cl)c1)c1cccc(S(=O)(=O)N2CCOCC2)c1. The van der Waals surface area contributed by atoms with Gasteiger partial charge in [0.25, 0.3) is 5.91 Å². The third-order valence-electron chi connectivity index (χ3n) is 4.14. The molecule has 1 aliphatic rings. The summed E-state index contributed by atoms with van der Waals surface area (Å²) in [6.45, 7) is 1.40. The lowest BCUT2D eigenvalue weighted by molar-refractivity contribution is 0.0730. The van der Waals surface area contributed by atoms with Crippen molar-refractivity contribution in [3.63, 3.8) is 0 Å². The van der Waals surface area contributed by atoms with Crippen LogP contribution in [0.5, 0.6) is 0 Å². The maximum atomic E-state index is 13.2. The summed E-state index contributed by atoms with van der Waals surface area (Å²) in [5, 5.41) is 2.64. The Morgan fingerprint density at radius 2 is 1.93 bits per heavy atom. The molecule has 1 fully saturated rings. The topological polar surface area (TPSA) is 75.7 Å². The number of carbonyl (C=O) groups is 1. The van der Waals surface area contributed by atoms with Crippen molar-refractivity contribution in [2.24, 2.45) is 0 Å². The second kappa shape index (κ2) is 8.35. The fourth-order valence-electron chi connectivity index (χ4n) is 2.67. The predicted octanol–water partition coefficient (Wildman–Crippen LogP) is 2.43. The fourth-order valence-corrected chi connectivity index (χ4v) is 4.33. The first-order chi connectivity index (χ1) is 12.9. The van der Waals surface area contributed by atoms with Gasteiger partial charge in [0.15, 0.2) is 0 Å². The van der Waals surface area contributed by atoms with Gasteiger partial charge in [0.2, 0.25) is 10.0 Å². The van der Waals surface area contributed by atoms with Crippen LogP contribution in [0.4, 0.5) is 4.39 Å². The molecule has 0 saturated carbocycles. The molecular weight excluding hydrogens is 395 g/mol. The highest BCUT2D eigenvalue weighted by Crippen LogP contribution is 2.19. The summed E-state index contributed by atoms with van der Waals surface area (Å²) in [7, 11) is -3.68. The lowest BCUT2D eigenvalue weighted by atomic mass is 10.2. The van der Waals surface area contributed by atoms with Gasteiger partial charge in [-0.25, -0.2) is 12.8 Å². The Balaban J connectivity index is 1.72. The Bertz CT molecular complexity index is 946. The average Bonchev–Trinajstić information content (AvgIpc) is 2.69. The van der Waals surface area contributed by atoms with Gasteiger partial charge in [0.05, 0.1) is 23.1 Å². The highest BCUT2D eigenvalue weighted by atomic mass is 35.5. The third-order valence-corrected chi connectivity index (χ3v) is 6.33. The molecule has 9 heteroatoms. The molecule has 0 radical (unpaired) electrons. The first-order valence-corrected chi connectivity index (χ1v) is 10.1. The van der Waals surface area contributed by atoms with E-state index in [0.29, 0.717) is 18.8 Å². The maximum Gasteiger partial charge on any atom is 0.251 e. The molecule has 0 unspecified atom stereocenters. The summed E-state index contributed by atoms with van der Waals surface area (Å²) in [6, 6.07) is 10.0. The molecule has 6 nitrogen and oxygen atoms in total. The van der Waals surface area contributed by atoms with Crippen LogP contribution < -0.4 is 5.32 Å². The van der Waals surface area contributed by atoms with Gasteiger partial charge in [-0.3, -0.25) is 4.79 Å². The summed E-state index contributed by atoms with van der Waals surface area (Å²) < 4.78 is 45.1. The van der Waals surface area contributed by atoms with Crippen molar-refractivity contribution in [2.45, 2.75) is 11.4 Å². The highest BCUT2D eigenvalue weighted by Gasteiger charge is 2.26. The molecule has 1 saturated heterocycles. The first kappa shape index (κ1) is 19.8. The lowest BCUT2D eigenvalue weighted by Crippen LogP contribution is -2.40. The van der Waals surface area contributed by atoms with E-state index in [4.69, 9.17) is 16.3 Å². The Kier molecular flexibility index (Phi) is 6.11. The minimum atomic E-state index is -3.68. The van der Waals surface area contributed by atoms with Crippen LogP contribution in [0, 0.1) is 5.82 Å². The van der Waals surface area contributed by atoms with E-state index >= 15 is 0 Å². The van der Waals surface area contributed by atoms with E-state index in [2.05, 4.69) is 5.32 Å².